The van der Waals surface area contributed by atoms with Crippen molar-refractivity contribution in [3.05, 3.63) is 23.9 Å². The number of nitrogens with one attached hydrogen (secondary N) is 2. The van der Waals surface area contributed by atoms with Gasteiger partial charge in [-0.05, 0) is 44.7 Å². The smallest absolute Gasteiger partial charge is 0.126 e. The number of hydrogen-bond donors (Lipinski definition) is 2. The van der Waals surface area contributed by atoms with Crippen LogP contribution >= 0.6 is 0 Å². The summed E-state index contributed by atoms with van der Waals surface area (Å²) in [5.41, 5.74) is 1.09. The molecule has 2 bridgehead atoms. The lowest BCUT2D eigenvalue weighted by molar-refractivity contribution is 0.377. The molecule has 0 spiro atoms. The molecule has 1 aromatic heterocycles. The number of aryl methyl sites for hydroxylation is 1. The summed E-state index contributed by atoms with van der Waals surface area (Å²) in [6.07, 6.45) is 5.19. The summed E-state index contributed by atoms with van der Waals surface area (Å²) in [5, 5.41) is 7.23. The minimum atomic E-state index is 0.605. The molecule has 2 atom stereocenters. The highest BCUT2D eigenvalue weighted by Crippen LogP contribution is 2.28. The van der Waals surface area contributed by atoms with E-state index < -0.39 is 0 Å². The second-order valence-electron chi connectivity index (χ2n) is 5.11. The zero-order valence-corrected chi connectivity index (χ0v) is 9.74. The van der Waals surface area contributed by atoms with Crippen molar-refractivity contribution >= 4 is 5.82 Å². The van der Waals surface area contributed by atoms with Gasteiger partial charge >= 0.3 is 0 Å². The molecule has 0 aromatic carbocycles. The highest BCUT2D eigenvalue weighted by molar-refractivity contribution is 5.36. The number of piperidine rings is 1. The van der Waals surface area contributed by atoms with Crippen LogP contribution in [0.1, 0.15) is 31.4 Å². The minimum Gasteiger partial charge on any atom is -0.367 e. The molecule has 2 N–H and O–H groups in total. The van der Waals surface area contributed by atoms with E-state index in [1.165, 1.54) is 25.7 Å². The van der Waals surface area contributed by atoms with Crippen LogP contribution < -0.4 is 10.6 Å². The Balaban J connectivity index is 1.67. The van der Waals surface area contributed by atoms with Gasteiger partial charge in [-0.1, -0.05) is 6.07 Å². The van der Waals surface area contributed by atoms with Crippen LogP contribution in [0.2, 0.25) is 0 Å². The molecule has 2 aliphatic rings. The maximum atomic E-state index is 4.51. The first-order valence-electron chi connectivity index (χ1n) is 6.26. The van der Waals surface area contributed by atoms with E-state index in [1.54, 1.807) is 0 Å². The second kappa shape index (κ2) is 4.06. The topological polar surface area (TPSA) is 37.0 Å². The number of rotatable bonds is 2. The molecule has 3 heterocycles. The van der Waals surface area contributed by atoms with Crippen LogP contribution in [0.15, 0.2) is 18.2 Å². The fraction of sp³-hybridized carbons (Fsp3) is 0.615. The fourth-order valence-corrected chi connectivity index (χ4v) is 3.01. The van der Waals surface area contributed by atoms with E-state index in [2.05, 4.69) is 27.8 Å². The van der Waals surface area contributed by atoms with Gasteiger partial charge in [-0.3, -0.25) is 0 Å². The van der Waals surface area contributed by atoms with E-state index in [-0.39, 0.29) is 0 Å². The summed E-state index contributed by atoms with van der Waals surface area (Å²) >= 11 is 0. The van der Waals surface area contributed by atoms with Gasteiger partial charge < -0.3 is 10.6 Å². The molecular weight excluding hydrogens is 198 g/mol. The standard InChI is InChI=1S/C13H19N3/c1-9-3-2-4-13(14-9)16-12-7-10-5-6-11(8-12)15-10/h2-4,10-12,15H,5-8H2,1H3,(H,14,16). The van der Waals surface area contributed by atoms with E-state index in [4.69, 9.17) is 0 Å². The van der Waals surface area contributed by atoms with Crippen LogP contribution in [0.4, 0.5) is 5.82 Å². The average molecular weight is 217 g/mol. The molecule has 16 heavy (non-hydrogen) atoms. The molecule has 3 heteroatoms. The van der Waals surface area contributed by atoms with Crippen LogP contribution in [-0.2, 0) is 0 Å². The molecule has 2 fully saturated rings. The molecule has 1 aromatic rings. The monoisotopic (exact) mass is 217 g/mol. The van der Waals surface area contributed by atoms with Crippen LogP contribution in [-0.4, -0.2) is 23.1 Å². The maximum Gasteiger partial charge on any atom is 0.126 e. The molecule has 86 valence electrons. The molecule has 3 nitrogen and oxygen atoms in total. The summed E-state index contributed by atoms with van der Waals surface area (Å²) in [4.78, 5) is 4.51. The Morgan fingerprint density at radius 2 is 2.00 bits per heavy atom. The summed E-state index contributed by atoms with van der Waals surface area (Å²) < 4.78 is 0. The van der Waals surface area contributed by atoms with E-state index >= 15 is 0 Å². The fourth-order valence-electron chi connectivity index (χ4n) is 3.01. The second-order valence-corrected chi connectivity index (χ2v) is 5.11. The Kier molecular flexibility index (Phi) is 2.56. The van der Waals surface area contributed by atoms with Crippen molar-refractivity contribution in [3.63, 3.8) is 0 Å². The first-order valence-corrected chi connectivity index (χ1v) is 6.26. The number of nitrogens with zero attached hydrogens (tertiary/aromatic N) is 1. The zero-order chi connectivity index (χ0) is 11.0. The van der Waals surface area contributed by atoms with Crippen molar-refractivity contribution in [2.75, 3.05) is 5.32 Å². The number of fused-ring (bicyclic) bond motifs is 2. The van der Waals surface area contributed by atoms with Gasteiger partial charge in [0.1, 0.15) is 5.82 Å². The van der Waals surface area contributed by atoms with E-state index in [0.29, 0.717) is 6.04 Å². The first-order chi connectivity index (χ1) is 7.79. The number of hydrogen-bond acceptors (Lipinski definition) is 3. The van der Waals surface area contributed by atoms with Gasteiger partial charge in [-0.2, -0.15) is 0 Å². The minimum absolute atomic E-state index is 0.605. The zero-order valence-electron chi connectivity index (χ0n) is 9.74. The molecule has 2 unspecified atom stereocenters. The average Bonchev–Trinajstić information content (AvgIpc) is 2.58. The quantitative estimate of drug-likeness (QED) is 0.796. The van der Waals surface area contributed by atoms with Crippen molar-refractivity contribution in [2.24, 2.45) is 0 Å². The van der Waals surface area contributed by atoms with Gasteiger partial charge in [0.25, 0.3) is 0 Å². The number of pyridine rings is 1. The van der Waals surface area contributed by atoms with Crippen LogP contribution in [0, 0.1) is 6.92 Å². The molecule has 2 saturated heterocycles. The Hall–Kier alpha value is -1.09. The van der Waals surface area contributed by atoms with Gasteiger partial charge in [0.05, 0.1) is 0 Å². The molecule has 2 aliphatic heterocycles. The molecule has 0 saturated carbocycles. The molecular formula is C13H19N3. The number of aromatic nitrogens is 1. The summed E-state index contributed by atoms with van der Waals surface area (Å²) in [7, 11) is 0. The van der Waals surface area contributed by atoms with Crippen LogP contribution in [0.25, 0.3) is 0 Å². The Bertz CT molecular complexity index is 365. The molecule has 0 aliphatic carbocycles. The Morgan fingerprint density at radius 3 is 2.69 bits per heavy atom. The predicted molar refractivity (Wildman–Crippen MR) is 65.6 cm³/mol. The van der Waals surface area contributed by atoms with E-state index in [9.17, 15) is 0 Å². The van der Waals surface area contributed by atoms with Gasteiger partial charge in [-0.25, -0.2) is 4.98 Å². The molecule has 0 radical (unpaired) electrons. The van der Waals surface area contributed by atoms with Crippen molar-refractivity contribution in [1.29, 1.82) is 0 Å². The maximum absolute atomic E-state index is 4.51. The van der Waals surface area contributed by atoms with E-state index in [0.717, 1.165) is 23.6 Å². The summed E-state index contributed by atoms with van der Waals surface area (Å²) in [6, 6.07) is 8.25. The van der Waals surface area contributed by atoms with Gasteiger partial charge in [0.2, 0.25) is 0 Å². The SMILES string of the molecule is Cc1cccc(NC2CC3CCC(C2)N3)n1. The van der Waals surface area contributed by atoms with Crippen molar-refractivity contribution in [3.8, 4) is 0 Å². The van der Waals surface area contributed by atoms with Crippen LogP contribution in [0.3, 0.4) is 0 Å². The largest absolute Gasteiger partial charge is 0.367 e. The third-order valence-corrected chi connectivity index (χ3v) is 3.71. The highest BCUT2D eigenvalue weighted by atomic mass is 15.1. The lowest BCUT2D eigenvalue weighted by Crippen LogP contribution is -2.43. The Labute approximate surface area is 96.7 Å². The van der Waals surface area contributed by atoms with Crippen LogP contribution in [0.5, 0.6) is 0 Å². The normalized spacial score (nSPS) is 32.7. The lowest BCUT2D eigenvalue weighted by Gasteiger charge is -2.30. The molecule has 0 amide bonds. The van der Waals surface area contributed by atoms with Crippen molar-refractivity contribution in [1.82, 2.24) is 10.3 Å². The van der Waals surface area contributed by atoms with Gasteiger partial charge in [0.15, 0.2) is 0 Å². The summed E-state index contributed by atoms with van der Waals surface area (Å²) in [5.74, 6) is 1.03. The third kappa shape index (κ3) is 2.05. The highest BCUT2D eigenvalue weighted by Gasteiger charge is 2.33. The van der Waals surface area contributed by atoms with Crippen molar-refractivity contribution in [2.45, 2.75) is 50.7 Å². The Morgan fingerprint density at radius 1 is 1.25 bits per heavy atom. The van der Waals surface area contributed by atoms with Gasteiger partial charge in [-0.15, -0.1) is 0 Å². The first kappa shape index (κ1) is 10.1. The lowest BCUT2D eigenvalue weighted by atomic mass is 10.00. The molecule has 3 rings (SSSR count). The van der Waals surface area contributed by atoms with Gasteiger partial charge in [0, 0.05) is 23.8 Å². The predicted octanol–water partition coefficient (Wildman–Crippen LogP) is 2.08. The van der Waals surface area contributed by atoms with Crippen molar-refractivity contribution < 1.29 is 0 Å². The summed E-state index contributed by atoms with van der Waals surface area (Å²) in [6.45, 7) is 2.04. The third-order valence-electron chi connectivity index (χ3n) is 3.71. The number of anilines is 1. The van der Waals surface area contributed by atoms with E-state index in [1.807, 2.05) is 13.0 Å².